The molecule has 0 aromatic carbocycles. The summed E-state index contributed by atoms with van der Waals surface area (Å²) in [7, 11) is 0. The summed E-state index contributed by atoms with van der Waals surface area (Å²) in [6, 6.07) is 0. The molecule has 2 aliphatic heterocycles. The molecule has 41 heavy (non-hydrogen) atoms. The molecule has 10 heteroatoms. The van der Waals surface area contributed by atoms with Gasteiger partial charge in [0.2, 0.25) is 0 Å². The van der Waals surface area contributed by atoms with Gasteiger partial charge in [-0.05, 0) is 94.0 Å². The third-order valence-corrected chi connectivity index (χ3v) is 12.3. The maximum atomic E-state index is 12.5. The van der Waals surface area contributed by atoms with Crippen molar-refractivity contribution in [3.8, 4) is 0 Å². The summed E-state index contributed by atoms with van der Waals surface area (Å²) in [5.74, 6) is -0.0399. The second-order valence-corrected chi connectivity index (χ2v) is 14.0. The normalized spacial score (nSPS) is 51.2. The van der Waals surface area contributed by atoms with Gasteiger partial charge in [-0.25, -0.2) is 4.79 Å². The highest BCUT2D eigenvalue weighted by molar-refractivity contribution is 5.85. The van der Waals surface area contributed by atoms with Crippen LogP contribution in [0.15, 0.2) is 11.6 Å². The largest absolute Gasteiger partial charge is 0.465 e. The lowest BCUT2D eigenvalue weighted by atomic mass is 9.43. The molecule has 4 aliphatic carbocycles. The molecule has 0 spiro atoms. The minimum atomic E-state index is -1.35. The molecule has 0 amide bonds. The van der Waals surface area contributed by atoms with Crippen molar-refractivity contribution < 1.29 is 49.0 Å². The zero-order chi connectivity index (χ0) is 29.3. The lowest BCUT2D eigenvalue weighted by Crippen LogP contribution is -2.64. The Kier molecular flexibility index (Phi) is 7.60. The molecule has 230 valence electrons. The van der Waals surface area contributed by atoms with Gasteiger partial charge in [0.15, 0.2) is 6.29 Å². The van der Waals surface area contributed by atoms with Gasteiger partial charge in [0.05, 0.1) is 24.4 Å². The fourth-order valence-electron chi connectivity index (χ4n) is 10.1. The van der Waals surface area contributed by atoms with Crippen LogP contribution in [0.4, 0.5) is 0 Å². The van der Waals surface area contributed by atoms with E-state index >= 15 is 0 Å². The molecule has 6 rings (SSSR count). The van der Waals surface area contributed by atoms with Crippen LogP contribution in [0.2, 0.25) is 0 Å². The molecule has 0 aromatic heterocycles. The van der Waals surface area contributed by atoms with Gasteiger partial charge in [-0.3, -0.25) is 4.79 Å². The van der Waals surface area contributed by atoms with E-state index in [4.69, 9.17) is 18.9 Å². The summed E-state index contributed by atoms with van der Waals surface area (Å²) < 4.78 is 23.0. The van der Waals surface area contributed by atoms with Crippen LogP contribution in [0.25, 0.3) is 0 Å². The van der Waals surface area contributed by atoms with Crippen LogP contribution < -0.4 is 0 Å². The standard InChI is InChI=1S/C31H46O10/c1-16-25(34)26(35)27(36)28(40-16)41-20-6-10-30(15-39-17(2)32)19(13-20)4-5-23-22(30)7-9-29(3)21(8-11-31(23,29)37)18-12-24(33)38-14-18/h12,16,19-23,25-28,34-37H,4-11,13-15H2,1-3H3/t16-,19+,20+,21-,22+,23-,25-,26-,27-,28+,29-,30-,31+/m1/s1. The Balaban J connectivity index is 1.23. The van der Waals surface area contributed by atoms with Crippen molar-refractivity contribution >= 4 is 11.9 Å². The molecule has 2 heterocycles. The predicted octanol–water partition coefficient (Wildman–Crippen LogP) is 2.00. The number of cyclic esters (lactones) is 1. The molecule has 0 aromatic rings. The van der Waals surface area contributed by atoms with Crippen LogP contribution in [0.5, 0.6) is 0 Å². The van der Waals surface area contributed by atoms with Gasteiger partial charge >= 0.3 is 11.9 Å². The van der Waals surface area contributed by atoms with Crippen molar-refractivity contribution in [2.24, 2.45) is 34.5 Å². The summed E-state index contributed by atoms with van der Waals surface area (Å²) in [5.41, 5.74) is -0.501. The number of esters is 2. The van der Waals surface area contributed by atoms with E-state index in [2.05, 4.69) is 6.92 Å². The molecule has 10 nitrogen and oxygen atoms in total. The fourth-order valence-corrected chi connectivity index (χ4v) is 10.1. The Hall–Kier alpha value is -1.56. The van der Waals surface area contributed by atoms with Gasteiger partial charge in [0, 0.05) is 23.8 Å². The van der Waals surface area contributed by atoms with Gasteiger partial charge in [0.1, 0.15) is 24.9 Å². The monoisotopic (exact) mass is 578 g/mol. The molecule has 6 aliphatic rings. The van der Waals surface area contributed by atoms with Gasteiger partial charge < -0.3 is 39.4 Å². The van der Waals surface area contributed by atoms with Crippen LogP contribution in [-0.4, -0.2) is 88.0 Å². The maximum Gasteiger partial charge on any atom is 0.331 e. The highest BCUT2D eigenvalue weighted by atomic mass is 16.7. The second-order valence-electron chi connectivity index (χ2n) is 14.0. The van der Waals surface area contributed by atoms with Crippen LogP contribution in [0, 0.1) is 34.5 Å². The number of aliphatic hydroxyl groups is 4. The lowest BCUT2D eigenvalue weighted by molar-refractivity contribution is -0.311. The molecule has 4 N–H and O–H groups in total. The Bertz CT molecular complexity index is 1080. The number of hydrogen-bond acceptors (Lipinski definition) is 10. The quantitative estimate of drug-likeness (QED) is 0.282. The Labute approximate surface area is 241 Å². The fraction of sp³-hybridized carbons (Fsp3) is 0.871. The van der Waals surface area contributed by atoms with E-state index in [1.165, 1.54) is 6.92 Å². The smallest absolute Gasteiger partial charge is 0.331 e. The summed E-state index contributed by atoms with van der Waals surface area (Å²) in [6.45, 7) is 5.91. The first kappa shape index (κ1) is 29.5. The highest BCUT2D eigenvalue weighted by Crippen LogP contribution is 2.70. The molecule has 0 bridgehead atoms. The van der Waals surface area contributed by atoms with Crippen LogP contribution in [-0.2, 0) is 28.5 Å². The van der Waals surface area contributed by atoms with E-state index in [1.54, 1.807) is 13.0 Å². The molecule has 0 radical (unpaired) electrons. The van der Waals surface area contributed by atoms with Gasteiger partial charge in [-0.2, -0.15) is 0 Å². The van der Waals surface area contributed by atoms with E-state index in [0.717, 1.165) is 44.1 Å². The first-order valence-corrected chi connectivity index (χ1v) is 15.5. The van der Waals surface area contributed by atoms with E-state index in [-0.39, 0.29) is 52.5 Å². The first-order chi connectivity index (χ1) is 19.4. The summed E-state index contributed by atoms with van der Waals surface area (Å²) in [5, 5.41) is 43.4. The zero-order valence-electron chi connectivity index (χ0n) is 24.4. The van der Waals surface area contributed by atoms with Crippen LogP contribution >= 0.6 is 0 Å². The van der Waals surface area contributed by atoms with Gasteiger partial charge in [0.25, 0.3) is 0 Å². The molecular formula is C31H46O10. The number of fused-ring (bicyclic) bond motifs is 5. The molecule has 1 saturated heterocycles. The van der Waals surface area contributed by atoms with Crippen LogP contribution in [0.1, 0.15) is 78.6 Å². The molecular weight excluding hydrogens is 532 g/mol. The lowest BCUT2D eigenvalue weighted by Gasteiger charge is -2.64. The molecule has 4 saturated carbocycles. The molecule has 0 unspecified atom stereocenters. The van der Waals surface area contributed by atoms with E-state index in [1.807, 2.05) is 0 Å². The molecule has 13 atom stereocenters. The van der Waals surface area contributed by atoms with E-state index in [9.17, 15) is 30.0 Å². The highest BCUT2D eigenvalue weighted by Gasteiger charge is 2.68. The van der Waals surface area contributed by atoms with Crippen molar-refractivity contribution in [3.63, 3.8) is 0 Å². The number of ether oxygens (including phenoxy) is 4. The summed E-state index contributed by atoms with van der Waals surface area (Å²) in [6.07, 6.45) is 2.96. The van der Waals surface area contributed by atoms with Crippen molar-refractivity contribution in [3.05, 3.63) is 11.6 Å². The summed E-state index contributed by atoms with van der Waals surface area (Å²) >= 11 is 0. The third kappa shape index (κ3) is 4.59. The number of aliphatic hydroxyl groups excluding tert-OH is 3. The average Bonchev–Trinajstić information content (AvgIpc) is 3.48. The van der Waals surface area contributed by atoms with Gasteiger partial charge in [-0.1, -0.05) is 6.92 Å². The van der Waals surface area contributed by atoms with Crippen LogP contribution in [0.3, 0.4) is 0 Å². The topological polar surface area (TPSA) is 152 Å². The minimum Gasteiger partial charge on any atom is -0.465 e. The Morgan fingerprint density at radius 3 is 2.51 bits per heavy atom. The number of hydrogen-bond donors (Lipinski definition) is 4. The number of carbonyl (C=O) groups is 2. The Morgan fingerprint density at radius 2 is 1.80 bits per heavy atom. The van der Waals surface area contributed by atoms with Crippen molar-refractivity contribution in [2.75, 3.05) is 13.2 Å². The average molecular weight is 579 g/mol. The predicted molar refractivity (Wildman–Crippen MR) is 144 cm³/mol. The minimum absolute atomic E-state index is 0.0649. The molecule has 5 fully saturated rings. The van der Waals surface area contributed by atoms with Crippen molar-refractivity contribution in [2.45, 2.75) is 121 Å². The first-order valence-electron chi connectivity index (χ1n) is 15.5. The second kappa shape index (κ2) is 10.6. The number of rotatable bonds is 5. The third-order valence-electron chi connectivity index (χ3n) is 12.3. The van der Waals surface area contributed by atoms with Crippen molar-refractivity contribution in [1.29, 1.82) is 0 Å². The summed E-state index contributed by atoms with van der Waals surface area (Å²) in [4.78, 5) is 23.9. The van der Waals surface area contributed by atoms with Gasteiger partial charge in [-0.15, -0.1) is 0 Å². The van der Waals surface area contributed by atoms with E-state index in [0.29, 0.717) is 32.5 Å². The van der Waals surface area contributed by atoms with E-state index < -0.39 is 36.3 Å². The van der Waals surface area contributed by atoms with Crippen molar-refractivity contribution in [1.82, 2.24) is 0 Å². The maximum absolute atomic E-state index is 12.5. The Morgan fingerprint density at radius 1 is 1.02 bits per heavy atom. The SMILES string of the molecule is CC(=O)OC[C@]12CC[C@H](O[C@@H]3O[C@H](C)[C@@H](O)[C@@H](O)[C@H]3O)C[C@@H]1CC[C@@H]1[C@@H]2CC[C@]2(C)[C@@H](C3=CC(=O)OC3)CC[C@]12O. The number of carbonyl (C=O) groups excluding carboxylic acids is 2. The zero-order valence-corrected chi connectivity index (χ0v) is 24.4.